The van der Waals surface area contributed by atoms with Crippen molar-refractivity contribution in [2.75, 3.05) is 13.1 Å². The summed E-state index contributed by atoms with van der Waals surface area (Å²) in [6, 6.07) is 16.3. The second-order valence-electron chi connectivity index (χ2n) is 5.26. The molecule has 122 valence electrons. The van der Waals surface area contributed by atoms with Crippen LogP contribution in [0.25, 0.3) is 16.6 Å². The number of rotatable bonds is 4. The predicted octanol–water partition coefficient (Wildman–Crippen LogP) is 3.17. The van der Waals surface area contributed by atoms with E-state index in [2.05, 4.69) is 5.10 Å². The minimum atomic E-state index is -0.415. The van der Waals surface area contributed by atoms with Crippen LogP contribution in [0.5, 0.6) is 0 Å². The van der Waals surface area contributed by atoms with Crippen molar-refractivity contribution in [2.24, 2.45) is 0 Å². The van der Waals surface area contributed by atoms with Crippen molar-refractivity contribution in [1.29, 1.82) is 10.5 Å². The highest BCUT2D eigenvalue weighted by Gasteiger charge is 2.17. The van der Waals surface area contributed by atoms with Gasteiger partial charge in [-0.3, -0.25) is 4.79 Å². The Hall–Kier alpha value is -3.35. The van der Waals surface area contributed by atoms with Crippen LogP contribution in [-0.4, -0.2) is 33.7 Å². The summed E-state index contributed by atoms with van der Waals surface area (Å²) in [5, 5.41) is 23.3. The molecule has 0 N–H and O–H groups in total. The standard InChI is InChI=1S/C18H12ClN5O/c19-15-11-13(18(25)23(9-7-20)10-8-21)5-6-17(15)24-16-4-2-1-3-14(16)12-22-24/h1-6,11-12H,9-10H2. The van der Waals surface area contributed by atoms with Gasteiger partial charge in [0.25, 0.3) is 5.91 Å². The van der Waals surface area contributed by atoms with Gasteiger partial charge < -0.3 is 4.90 Å². The average molecular weight is 350 g/mol. The molecule has 0 saturated carbocycles. The lowest BCUT2D eigenvalue weighted by Crippen LogP contribution is -2.31. The topological polar surface area (TPSA) is 85.7 Å². The van der Waals surface area contributed by atoms with Crippen molar-refractivity contribution < 1.29 is 4.79 Å². The smallest absolute Gasteiger partial charge is 0.255 e. The Balaban J connectivity index is 1.98. The molecule has 0 spiro atoms. The lowest BCUT2D eigenvalue weighted by molar-refractivity contribution is 0.0794. The summed E-state index contributed by atoms with van der Waals surface area (Å²) in [5.41, 5.74) is 1.86. The number of hydrogen-bond donors (Lipinski definition) is 0. The number of nitriles is 2. The van der Waals surface area contributed by atoms with Gasteiger partial charge in [-0.2, -0.15) is 15.6 Å². The molecule has 0 aliphatic carbocycles. The minimum absolute atomic E-state index is 0.157. The van der Waals surface area contributed by atoms with Crippen LogP contribution >= 0.6 is 11.6 Å². The summed E-state index contributed by atoms with van der Waals surface area (Å²) in [4.78, 5) is 13.6. The van der Waals surface area contributed by atoms with Crippen molar-refractivity contribution in [3.05, 3.63) is 59.2 Å². The van der Waals surface area contributed by atoms with Gasteiger partial charge in [0.2, 0.25) is 0 Å². The maximum Gasteiger partial charge on any atom is 0.255 e. The predicted molar refractivity (Wildman–Crippen MR) is 93.2 cm³/mol. The molecule has 6 nitrogen and oxygen atoms in total. The first-order valence-corrected chi connectivity index (χ1v) is 7.79. The molecule has 25 heavy (non-hydrogen) atoms. The molecule has 0 aliphatic heterocycles. The van der Waals surface area contributed by atoms with Gasteiger partial charge in [0, 0.05) is 10.9 Å². The van der Waals surface area contributed by atoms with E-state index >= 15 is 0 Å². The zero-order chi connectivity index (χ0) is 17.8. The van der Waals surface area contributed by atoms with Crippen LogP contribution in [0.1, 0.15) is 10.4 Å². The summed E-state index contributed by atoms with van der Waals surface area (Å²) < 4.78 is 1.70. The number of carbonyl (C=O) groups excluding carboxylic acids is 1. The maximum atomic E-state index is 12.4. The maximum absolute atomic E-state index is 12.4. The number of benzene rings is 2. The number of nitrogens with zero attached hydrogens (tertiary/aromatic N) is 5. The molecule has 0 bridgehead atoms. The molecule has 0 fully saturated rings. The van der Waals surface area contributed by atoms with E-state index < -0.39 is 5.91 Å². The van der Waals surface area contributed by atoms with Gasteiger partial charge in [-0.15, -0.1) is 0 Å². The molecule has 7 heteroatoms. The third-order valence-electron chi connectivity index (χ3n) is 3.71. The lowest BCUT2D eigenvalue weighted by Gasteiger charge is -2.16. The fourth-order valence-electron chi connectivity index (χ4n) is 2.53. The van der Waals surface area contributed by atoms with Crippen molar-refractivity contribution >= 4 is 28.4 Å². The van der Waals surface area contributed by atoms with E-state index in [0.29, 0.717) is 16.3 Å². The third-order valence-corrected chi connectivity index (χ3v) is 4.01. The number of aromatic nitrogens is 2. The summed E-state index contributed by atoms with van der Waals surface area (Å²) in [6.45, 7) is -0.314. The first-order chi connectivity index (χ1) is 12.2. The number of amides is 1. The van der Waals surface area contributed by atoms with Crippen LogP contribution in [0.3, 0.4) is 0 Å². The molecule has 0 saturated heterocycles. The van der Waals surface area contributed by atoms with Gasteiger partial charge in [-0.05, 0) is 24.3 Å². The summed E-state index contributed by atoms with van der Waals surface area (Å²) in [6.07, 6.45) is 1.74. The monoisotopic (exact) mass is 349 g/mol. The molecule has 3 rings (SSSR count). The molecule has 1 amide bonds. The first kappa shape index (κ1) is 16.5. The molecule has 1 aromatic heterocycles. The largest absolute Gasteiger partial charge is 0.312 e. The van der Waals surface area contributed by atoms with Gasteiger partial charge >= 0.3 is 0 Å². The molecule has 3 aromatic rings. The molecule has 0 radical (unpaired) electrons. The van der Waals surface area contributed by atoms with Gasteiger partial charge in [0.1, 0.15) is 13.1 Å². The fourth-order valence-corrected chi connectivity index (χ4v) is 2.79. The van der Waals surface area contributed by atoms with E-state index in [-0.39, 0.29) is 13.1 Å². The summed E-state index contributed by atoms with van der Waals surface area (Å²) >= 11 is 6.36. The van der Waals surface area contributed by atoms with E-state index in [4.69, 9.17) is 22.1 Å². The Morgan fingerprint density at radius 1 is 1.16 bits per heavy atom. The highest BCUT2D eigenvalue weighted by Crippen LogP contribution is 2.25. The van der Waals surface area contributed by atoms with Crippen molar-refractivity contribution in [3.63, 3.8) is 0 Å². The second-order valence-corrected chi connectivity index (χ2v) is 5.67. The van der Waals surface area contributed by atoms with E-state index in [1.54, 1.807) is 23.0 Å². The summed E-state index contributed by atoms with van der Waals surface area (Å²) in [7, 11) is 0. The van der Waals surface area contributed by atoms with E-state index in [1.165, 1.54) is 6.07 Å². The van der Waals surface area contributed by atoms with Crippen LogP contribution in [0.2, 0.25) is 5.02 Å². The van der Waals surface area contributed by atoms with Crippen LogP contribution in [0, 0.1) is 22.7 Å². The van der Waals surface area contributed by atoms with Crippen molar-refractivity contribution in [2.45, 2.75) is 0 Å². The van der Waals surface area contributed by atoms with Crippen molar-refractivity contribution in [1.82, 2.24) is 14.7 Å². The van der Waals surface area contributed by atoms with Gasteiger partial charge in [-0.25, -0.2) is 4.68 Å². The molecule has 0 aliphatic rings. The van der Waals surface area contributed by atoms with E-state index in [0.717, 1.165) is 15.8 Å². The Bertz CT molecular complexity index is 1010. The lowest BCUT2D eigenvalue weighted by atomic mass is 10.1. The summed E-state index contributed by atoms with van der Waals surface area (Å²) in [5.74, 6) is -0.415. The third kappa shape index (κ3) is 3.16. The zero-order valence-electron chi connectivity index (χ0n) is 13.1. The number of fused-ring (bicyclic) bond motifs is 1. The molecular weight excluding hydrogens is 338 g/mol. The number of hydrogen-bond acceptors (Lipinski definition) is 4. The molecule has 0 atom stereocenters. The number of halogens is 1. The Labute approximate surface area is 149 Å². The van der Waals surface area contributed by atoms with E-state index in [1.807, 2.05) is 36.4 Å². The van der Waals surface area contributed by atoms with Gasteiger partial charge in [0.05, 0.1) is 34.6 Å². The Morgan fingerprint density at radius 3 is 2.56 bits per heavy atom. The zero-order valence-corrected chi connectivity index (χ0v) is 13.8. The first-order valence-electron chi connectivity index (χ1n) is 7.41. The normalized spacial score (nSPS) is 10.2. The molecule has 2 aromatic carbocycles. The highest BCUT2D eigenvalue weighted by molar-refractivity contribution is 6.32. The Kier molecular flexibility index (Phi) is 4.65. The Morgan fingerprint density at radius 2 is 1.88 bits per heavy atom. The SMILES string of the molecule is N#CCN(CC#N)C(=O)c1ccc(-n2ncc3ccccc32)c(Cl)c1. The number of carbonyl (C=O) groups is 1. The van der Waals surface area contributed by atoms with E-state index in [9.17, 15) is 4.79 Å². The molecular formula is C18H12ClN5O. The van der Waals surface area contributed by atoms with Crippen LogP contribution in [-0.2, 0) is 0 Å². The number of para-hydroxylation sites is 1. The van der Waals surface area contributed by atoms with Crippen LogP contribution < -0.4 is 0 Å². The quantitative estimate of drug-likeness (QED) is 0.677. The average Bonchev–Trinajstić information content (AvgIpc) is 3.05. The second kappa shape index (κ2) is 7.04. The highest BCUT2D eigenvalue weighted by atomic mass is 35.5. The van der Waals surface area contributed by atoms with Crippen LogP contribution in [0.15, 0.2) is 48.7 Å². The molecule has 0 unspecified atom stereocenters. The van der Waals surface area contributed by atoms with Gasteiger partial charge in [-0.1, -0.05) is 29.8 Å². The van der Waals surface area contributed by atoms with Crippen molar-refractivity contribution in [3.8, 4) is 17.8 Å². The van der Waals surface area contributed by atoms with Gasteiger partial charge in [0.15, 0.2) is 0 Å². The molecule has 1 heterocycles. The minimum Gasteiger partial charge on any atom is -0.312 e. The fraction of sp³-hybridized carbons (Fsp3) is 0.111. The van der Waals surface area contributed by atoms with Crippen LogP contribution in [0.4, 0.5) is 0 Å².